The van der Waals surface area contributed by atoms with Gasteiger partial charge in [0.1, 0.15) is 5.75 Å². The molecule has 0 heterocycles. The summed E-state index contributed by atoms with van der Waals surface area (Å²) in [7, 11) is 0. The van der Waals surface area contributed by atoms with Crippen LogP contribution in [0.4, 0.5) is 0 Å². The molecule has 2 nitrogen and oxygen atoms in total. The lowest BCUT2D eigenvalue weighted by atomic mass is 9.92. The Morgan fingerprint density at radius 1 is 1.10 bits per heavy atom. The van der Waals surface area contributed by atoms with Crippen molar-refractivity contribution in [1.29, 1.82) is 0 Å². The molecule has 1 atom stereocenters. The Morgan fingerprint density at radius 2 is 1.67 bits per heavy atom. The van der Waals surface area contributed by atoms with Crippen molar-refractivity contribution in [3.05, 3.63) is 27.8 Å². The Hall–Kier alpha value is -0.440. The Balaban J connectivity index is 3.32. The molecule has 0 radical (unpaired) electrons. The van der Waals surface area contributed by atoms with E-state index in [-0.39, 0.29) is 5.88 Å². The van der Waals surface area contributed by atoms with Gasteiger partial charge in [0.2, 0.25) is 6.29 Å². The summed E-state index contributed by atoms with van der Waals surface area (Å²) in [5.41, 5.74) is 3.26. The van der Waals surface area contributed by atoms with Gasteiger partial charge in [-0.2, -0.15) is 0 Å². The normalized spacial score (nSPS) is 13.0. The van der Waals surface area contributed by atoms with Crippen LogP contribution in [0, 0.1) is 6.92 Å². The second-order valence-electron chi connectivity index (χ2n) is 5.79. The van der Waals surface area contributed by atoms with Crippen molar-refractivity contribution in [3.8, 4) is 5.75 Å². The molecular formula is C17H26Cl2O2. The molecule has 0 N–H and O–H groups in total. The van der Waals surface area contributed by atoms with Gasteiger partial charge in [-0.1, -0.05) is 45.4 Å². The molecule has 0 aliphatic carbocycles. The standard InChI is InChI=1S/C17H26Cl2O2/c1-7-20-15(9-18)21-17-12(6)16(19)13(10(2)3)8-14(17)11(4)5/h8,10-11,15H,7,9H2,1-6H3/t15-/m1/s1. The molecule has 0 fully saturated rings. The van der Waals surface area contributed by atoms with E-state index in [2.05, 4.69) is 33.8 Å². The molecule has 0 saturated heterocycles. The molecule has 0 amide bonds. The molecule has 0 aliphatic heterocycles. The van der Waals surface area contributed by atoms with Crippen molar-refractivity contribution in [2.45, 2.75) is 59.7 Å². The molecule has 0 spiro atoms. The van der Waals surface area contributed by atoms with Crippen LogP contribution in [-0.2, 0) is 4.74 Å². The first-order valence-electron chi connectivity index (χ1n) is 7.50. The Kier molecular flexibility index (Phi) is 7.32. The monoisotopic (exact) mass is 332 g/mol. The second kappa shape index (κ2) is 8.26. The van der Waals surface area contributed by atoms with E-state index in [9.17, 15) is 0 Å². The maximum absolute atomic E-state index is 6.52. The first-order valence-corrected chi connectivity index (χ1v) is 8.41. The minimum atomic E-state index is -0.450. The molecule has 1 aromatic rings. The molecule has 120 valence electrons. The summed E-state index contributed by atoms with van der Waals surface area (Å²) in [6.07, 6.45) is -0.450. The van der Waals surface area contributed by atoms with Crippen LogP contribution in [0.3, 0.4) is 0 Å². The average Bonchev–Trinajstić information content (AvgIpc) is 2.42. The summed E-state index contributed by atoms with van der Waals surface area (Å²) in [6.45, 7) is 13.1. The minimum Gasteiger partial charge on any atom is -0.463 e. The van der Waals surface area contributed by atoms with Crippen LogP contribution >= 0.6 is 23.2 Å². The third-order valence-electron chi connectivity index (χ3n) is 3.47. The Morgan fingerprint density at radius 3 is 2.10 bits per heavy atom. The summed E-state index contributed by atoms with van der Waals surface area (Å²) >= 11 is 12.4. The van der Waals surface area contributed by atoms with Crippen LogP contribution < -0.4 is 4.74 Å². The number of ether oxygens (including phenoxy) is 2. The number of rotatable bonds is 7. The van der Waals surface area contributed by atoms with E-state index in [1.807, 2.05) is 13.8 Å². The lowest BCUT2D eigenvalue weighted by molar-refractivity contribution is -0.0596. The van der Waals surface area contributed by atoms with E-state index in [0.29, 0.717) is 18.4 Å². The SMILES string of the molecule is CCO[C@@H](CCl)Oc1c(C(C)C)cc(C(C)C)c(Cl)c1C. The van der Waals surface area contributed by atoms with Gasteiger partial charge in [-0.05, 0) is 36.8 Å². The van der Waals surface area contributed by atoms with Crippen molar-refractivity contribution in [3.63, 3.8) is 0 Å². The quantitative estimate of drug-likeness (QED) is 0.458. The number of halogens is 2. The van der Waals surface area contributed by atoms with Crippen molar-refractivity contribution >= 4 is 23.2 Å². The first kappa shape index (κ1) is 18.6. The molecule has 0 unspecified atom stereocenters. The Bertz CT molecular complexity index is 470. The number of benzene rings is 1. The van der Waals surface area contributed by atoms with Gasteiger partial charge < -0.3 is 9.47 Å². The van der Waals surface area contributed by atoms with Crippen LogP contribution in [0.15, 0.2) is 6.07 Å². The lowest BCUT2D eigenvalue weighted by Crippen LogP contribution is -2.23. The van der Waals surface area contributed by atoms with E-state index in [4.69, 9.17) is 32.7 Å². The van der Waals surface area contributed by atoms with Crippen molar-refractivity contribution < 1.29 is 9.47 Å². The zero-order valence-electron chi connectivity index (χ0n) is 13.8. The molecule has 0 aliphatic rings. The summed E-state index contributed by atoms with van der Waals surface area (Å²) in [5, 5.41) is 0.772. The lowest BCUT2D eigenvalue weighted by Gasteiger charge is -2.24. The van der Waals surface area contributed by atoms with Crippen LogP contribution in [-0.4, -0.2) is 18.8 Å². The van der Waals surface area contributed by atoms with Crippen LogP contribution in [0.25, 0.3) is 0 Å². The van der Waals surface area contributed by atoms with Gasteiger partial charge in [-0.25, -0.2) is 0 Å². The zero-order valence-corrected chi connectivity index (χ0v) is 15.3. The highest BCUT2D eigenvalue weighted by atomic mass is 35.5. The number of hydrogen-bond acceptors (Lipinski definition) is 2. The topological polar surface area (TPSA) is 18.5 Å². The van der Waals surface area contributed by atoms with Gasteiger partial charge in [0, 0.05) is 12.2 Å². The maximum Gasteiger partial charge on any atom is 0.213 e. The molecule has 0 bridgehead atoms. The molecule has 21 heavy (non-hydrogen) atoms. The molecule has 0 aromatic heterocycles. The second-order valence-corrected chi connectivity index (χ2v) is 6.48. The van der Waals surface area contributed by atoms with E-state index >= 15 is 0 Å². The fourth-order valence-corrected chi connectivity index (χ4v) is 2.77. The van der Waals surface area contributed by atoms with Gasteiger partial charge in [0.15, 0.2) is 0 Å². The van der Waals surface area contributed by atoms with Crippen LogP contribution in [0.1, 0.15) is 63.1 Å². The van der Waals surface area contributed by atoms with Gasteiger partial charge in [-0.15, -0.1) is 11.6 Å². The third kappa shape index (κ3) is 4.51. The maximum atomic E-state index is 6.52. The van der Waals surface area contributed by atoms with Gasteiger partial charge in [-0.3, -0.25) is 0 Å². The predicted octanol–water partition coefficient (Wildman–Crippen LogP) is 5.88. The summed E-state index contributed by atoms with van der Waals surface area (Å²) in [5.74, 6) is 1.80. The van der Waals surface area contributed by atoms with Gasteiger partial charge >= 0.3 is 0 Å². The third-order valence-corrected chi connectivity index (χ3v) is 4.22. The van der Waals surface area contributed by atoms with E-state index in [1.54, 1.807) is 0 Å². The van der Waals surface area contributed by atoms with Crippen LogP contribution in [0.2, 0.25) is 5.02 Å². The van der Waals surface area contributed by atoms with Gasteiger partial charge in [0.05, 0.1) is 10.9 Å². The highest BCUT2D eigenvalue weighted by molar-refractivity contribution is 6.32. The molecular weight excluding hydrogens is 307 g/mol. The van der Waals surface area contributed by atoms with Gasteiger partial charge in [0.25, 0.3) is 0 Å². The highest BCUT2D eigenvalue weighted by Gasteiger charge is 2.21. The Labute approximate surface area is 138 Å². The van der Waals surface area contributed by atoms with Crippen molar-refractivity contribution in [2.75, 3.05) is 12.5 Å². The summed E-state index contributed by atoms with van der Waals surface area (Å²) in [6, 6.07) is 2.15. The van der Waals surface area contributed by atoms with Crippen molar-refractivity contribution in [2.24, 2.45) is 0 Å². The van der Waals surface area contributed by atoms with E-state index in [1.165, 1.54) is 0 Å². The van der Waals surface area contributed by atoms with Crippen LogP contribution in [0.5, 0.6) is 5.75 Å². The van der Waals surface area contributed by atoms with E-state index < -0.39 is 6.29 Å². The fourth-order valence-electron chi connectivity index (χ4n) is 2.26. The minimum absolute atomic E-state index is 0.286. The zero-order chi connectivity index (χ0) is 16.2. The molecule has 1 aromatic carbocycles. The average molecular weight is 333 g/mol. The highest BCUT2D eigenvalue weighted by Crippen LogP contribution is 2.40. The van der Waals surface area contributed by atoms with E-state index in [0.717, 1.165) is 27.5 Å². The molecule has 1 rings (SSSR count). The predicted molar refractivity (Wildman–Crippen MR) is 91.1 cm³/mol. The fraction of sp³-hybridized carbons (Fsp3) is 0.647. The molecule has 0 saturated carbocycles. The number of alkyl halides is 1. The molecule has 4 heteroatoms. The summed E-state index contributed by atoms with van der Waals surface area (Å²) in [4.78, 5) is 0. The smallest absolute Gasteiger partial charge is 0.213 e. The first-order chi connectivity index (χ1) is 9.83. The largest absolute Gasteiger partial charge is 0.463 e. The van der Waals surface area contributed by atoms with Crippen molar-refractivity contribution in [1.82, 2.24) is 0 Å². The summed E-state index contributed by atoms with van der Waals surface area (Å²) < 4.78 is 11.5. The number of hydrogen-bond donors (Lipinski definition) is 0.